The Balaban J connectivity index is 1.70. The quantitative estimate of drug-likeness (QED) is 0.808. The number of thioether (sulfide) groups is 2. The number of benzene rings is 1. The highest BCUT2D eigenvalue weighted by atomic mass is 32.2. The highest BCUT2D eigenvalue weighted by Crippen LogP contribution is 2.45. The Morgan fingerprint density at radius 1 is 1.12 bits per heavy atom. The predicted octanol–water partition coefficient (Wildman–Crippen LogP) is 2.57. The van der Waals surface area contributed by atoms with Crippen molar-refractivity contribution in [1.29, 1.82) is 0 Å². The van der Waals surface area contributed by atoms with Crippen LogP contribution in [0.1, 0.15) is 30.9 Å². The highest BCUT2D eigenvalue weighted by molar-refractivity contribution is 8.19. The molecule has 1 aromatic carbocycles. The number of amides is 2. The van der Waals surface area contributed by atoms with Gasteiger partial charge >= 0.3 is 0 Å². The lowest BCUT2D eigenvalue weighted by atomic mass is 10.1. The summed E-state index contributed by atoms with van der Waals surface area (Å²) in [6.07, 6.45) is 0. The molecule has 0 unspecified atom stereocenters. The van der Waals surface area contributed by atoms with Crippen LogP contribution in [0, 0.1) is 0 Å². The van der Waals surface area contributed by atoms with Gasteiger partial charge < -0.3 is 15.4 Å². The minimum atomic E-state index is -0.315. The normalized spacial score (nSPS) is 15.1. The Morgan fingerprint density at radius 3 is 2.33 bits per heavy atom. The van der Waals surface area contributed by atoms with Gasteiger partial charge in [0.25, 0.3) is 5.91 Å². The maximum absolute atomic E-state index is 11.7. The Kier molecular flexibility index (Phi) is 6.86. The average Bonchev–Trinajstić information content (AvgIpc) is 3.04. The summed E-state index contributed by atoms with van der Waals surface area (Å²) in [5.74, 6) is 2.51. The molecule has 0 bridgehead atoms. The third kappa shape index (κ3) is 6.65. The monoisotopic (exact) mass is 368 g/mol. The standard InChI is InChI=1S/C17H24N2O3S2/c1-17(2,3)19-14(20)10-18-15(21)11-22-13-6-4-12(5-7-13)16-23-8-9-24-16/h4-7,16H,8-11H2,1-3H3,(H,18,21)(H,19,20). The fraction of sp³-hybridized carbons (Fsp3) is 0.529. The molecule has 2 N–H and O–H groups in total. The molecule has 1 aliphatic rings. The number of ether oxygens (including phenoxy) is 1. The number of nitrogens with one attached hydrogen (secondary N) is 2. The van der Waals surface area contributed by atoms with Crippen molar-refractivity contribution in [3.63, 3.8) is 0 Å². The Hall–Kier alpha value is -1.34. The number of rotatable bonds is 6. The zero-order chi connectivity index (χ0) is 17.6. The molecule has 1 aromatic rings. The maximum atomic E-state index is 11.7. The highest BCUT2D eigenvalue weighted by Gasteiger charge is 2.18. The molecule has 0 spiro atoms. The van der Waals surface area contributed by atoms with E-state index in [0.717, 1.165) is 0 Å². The summed E-state index contributed by atoms with van der Waals surface area (Å²) in [5, 5.41) is 5.33. The largest absolute Gasteiger partial charge is 0.484 e. The van der Waals surface area contributed by atoms with Crippen molar-refractivity contribution in [3.8, 4) is 5.75 Å². The van der Waals surface area contributed by atoms with Crippen LogP contribution in [0.15, 0.2) is 24.3 Å². The van der Waals surface area contributed by atoms with Crippen molar-refractivity contribution in [1.82, 2.24) is 10.6 Å². The van der Waals surface area contributed by atoms with E-state index >= 15 is 0 Å². The molecule has 0 atom stereocenters. The van der Waals surface area contributed by atoms with Crippen molar-refractivity contribution in [2.45, 2.75) is 30.9 Å². The summed E-state index contributed by atoms with van der Waals surface area (Å²) < 4.78 is 5.96. The second kappa shape index (κ2) is 8.67. The van der Waals surface area contributed by atoms with Gasteiger partial charge in [-0.2, -0.15) is 0 Å². The first kappa shape index (κ1) is 19.0. The molecule has 7 heteroatoms. The second-order valence-corrected chi connectivity index (χ2v) is 9.23. The van der Waals surface area contributed by atoms with E-state index in [2.05, 4.69) is 10.6 Å². The Morgan fingerprint density at radius 2 is 1.75 bits per heavy atom. The molecule has 132 valence electrons. The van der Waals surface area contributed by atoms with Crippen LogP contribution in [0.2, 0.25) is 0 Å². The van der Waals surface area contributed by atoms with Crippen molar-refractivity contribution in [2.75, 3.05) is 24.7 Å². The van der Waals surface area contributed by atoms with Crippen LogP contribution in [0.4, 0.5) is 0 Å². The number of hydrogen-bond donors (Lipinski definition) is 2. The summed E-state index contributed by atoms with van der Waals surface area (Å²) in [5.41, 5.74) is 0.966. The fourth-order valence-electron chi connectivity index (χ4n) is 2.11. The van der Waals surface area contributed by atoms with Gasteiger partial charge in [-0.05, 0) is 38.5 Å². The lowest BCUT2D eigenvalue weighted by Gasteiger charge is -2.20. The lowest BCUT2D eigenvalue weighted by molar-refractivity contribution is -0.127. The van der Waals surface area contributed by atoms with Crippen LogP contribution < -0.4 is 15.4 Å². The van der Waals surface area contributed by atoms with E-state index in [0.29, 0.717) is 10.3 Å². The zero-order valence-electron chi connectivity index (χ0n) is 14.3. The van der Waals surface area contributed by atoms with E-state index in [1.54, 1.807) is 0 Å². The molecule has 1 aliphatic heterocycles. The molecular formula is C17H24N2O3S2. The Bertz CT molecular complexity index is 564. The number of carbonyl (C=O) groups excluding carboxylic acids is 2. The van der Waals surface area contributed by atoms with Crippen molar-refractivity contribution < 1.29 is 14.3 Å². The topological polar surface area (TPSA) is 67.4 Å². The van der Waals surface area contributed by atoms with Crippen LogP contribution >= 0.6 is 23.5 Å². The third-order valence-corrected chi connectivity index (χ3v) is 6.21. The summed E-state index contributed by atoms with van der Waals surface area (Å²) in [4.78, 5) is 23.4. The molecule has 1 fully saturated rings. The molecule has 1 saturated heterocycles. The van der Waals surface area contributed by atoms with Crippen LogP contribution in [-0.2, 0) is 9.59 Å². The summed E-state index contributed by atoms with van der Waals surface area (Å²) in [6, 6.07) is 7.85. The van der Waals surface area contributed by atoms with Gasteiger partial charge in [-0.25, -0.2) is 0 Å². The minimum absolute atomic E-state index is 0.0471. The molecule has 0 aromatic heterocycles. The van der Waals surface area contributed by atoms with E-state index in [1.165, 1.54) is 17.1 Å². The van der Waals surface area contributed by atoms with E-state index in [4.69, 9.17) is 4.74 Å². The molecular weight excluding hydrogens is 344 g/mol. The summed E-state index contributed by atoms with van der Waals surface area (Å²) in [6.45, 7) is 5.52. The van der Waals surface area contributed by atoms with Gasteiger partial charge in [0, 0.05) is 17.0 Å². The summed E-state index contributed by atoms with van der Waals surface area (Å²) >= 11 is 3.91. The first-order chi connectivity index (χ1) is 11.3. The molecule has 5 nitrogen and oxygen atoms in total. The SMILES string of the molecule is CC(C)(C)NC(=O)CNC(=O)COc1ccc(C2SCCS2)cc1. The Labute approximate surface area is 151 Å². The smallest absolute Gasteiger partial charge is 0.258 e. The van der Waals surface area contributed by atoms with Gasteiger partial charge in [0.05, 0.1) is 11.1 Å². The predicted molar refractivity (Wildman–Crippen MR) is 100 cm³/mol. The summed E-state index contributed by atoms with van der Waals surface area (Å²) in [7, 11) is 0. The number of carbonyl (C=O) groups is 2. The molecule has 0 saturated carbocycles. The van der Waals surface area contributed by atoms with Gasteiger partial charge in [-0.15, -0.1) is 23.5 Å². The third-order valence-electron chi connectivity index (χ3n) is 3.10. The van der Waals surface area contributed by atoms with E-state index in [-0.39, 0.29) is 30.5 Å². The van der Waals surface area contributed by atoms with Crippen LogP contribution in [-0.4, -0.2) is 42.0 Å². The van der Waals surface area contributed by atoms with Gasteiger partial charge in [0.15, 0.2) is 6.61 Å². The molecule has 0 radical (unpaired) electrons. The van der Waals surface area contributed by atoms with E-state index in [9.17, 15) is 9.59 Å². The fourth-order valence-corrected chi connectivity index (χ4v) is 4.97. The second-order valence-electron chi connectivity index (χ2n) is 6.51. The number of hydrogen-bond acceptors (Lipinski definition) is 5. The van der Waals surface area contributed by atoms with Gasteiger partial charge in [0.2, 0.25) is 5.91 Å². The maximum Gasteiger partial charge on any atom is 0.258 e. The molecule has 2 rings (SSSR count). The van der Waals surface area contributed by atoms with Crippen molar-refractivity contribution >= 4 is 35.3 Å². The van der Waals surface area contributed by atoms with Crippen molar-refractivity contribution in [3.05, 3.63) is 29.8 Å². The molecule has 24 heavy (non-hydrogen) atoms. The average molecular weight is 369 g/mol. The van der Waals surface area contributed by atoms with Crippen LogP contribution in [0.25, 0.3) is 0 Å². The minimum Gasteiger partial charge on any atom is -0.484 e. The zero-order valence-corrected chi connectivity index (χ0v) is 15.9. The molecule has 2 amide bonds. The van der Waals surface area contributed by atoms with Crippen LogP contribution in [0.5, 0.6) is 5.75 Å². The first-order valence-electron chi connectivity index (χ1n) is 7.87. The molecule has 1 heterocycles. The molecule has 0 aliphatic carbocycles. The van der Waals surface area contributed by atoms with Crippen LogP contribution in [0.3, 0.4) is 0 Å². The lowest BCUT2D eigenvalue weighted by Crippen LogP contribution is -2.46. The van der Waals surface area contributed by atoms with Gasteiger partial charge in [0.1, 0.15) is 5.75 Å². The van der Waals surface area contributed by atoms with Gasteiger partial charge in [-0.1, -0.05) is 12.1 Å². The van der Waals surface area contributed by atoms with E-state index in [1.807, 2.05) is 68.6 Å². The van der Waals surface area contributed by atoms with Gasteiger partial charge in [-0.3, -0.25) is 9.59 Å². The van der Waals surface area contributed by atoms with E-state index < -0.39 is 0 Å². The van der Waals surface area contributed by atoms with Crippen molar-refractivity contribution in [2.24, 2.45) is 0 Å². The first-order valence-corrected chi connectivity index (χ1v) is 9.97.